The van der Waals surface area contributed by atoms with E-state index in [1.165, 1.54) is 5.56 Å². The lowest BCUT2D eigenvalue weighted by Gasteiger charge is -2.14. The van der Waals surface area contributed by atoms with E-state index in [2.05, 4.69) is 25.9 Å². The van der Waals surface area contributed by atoms with Crippen molar-refractivity contribution in [1.29, 1.82) is 0 Å². The molecule has 0 amide bonds. The van der Waals surface area contributed by atoms with Gasteiger partial charge in [-0.1, -0.05) is 30.3 Å². The Morgan fingerprint density at radius 3 is 2.40 bits per heavy atom. The van der Waals surface area contributed by atoms with Crippen LogP contribution in [0.15, 0.2) is 30.3 Å². The summed E-state index contributed by atoms with van der Waals surface area (Å²) >= 11 is 0. The van der Waals surface area contributed by atoms with Crippen LogP contribution in [0.3, 0.4) is 0 Å². The highest BCUT2D eigenvalue weighted by Crippen LogP contribution is 2.19. The molecule has 0 saturated carbocycles. The van der Waals surface area contributed by atoms with Crippen molar-refractivity contribution in [2.24, 2.45) is 0 Å². The lowest BCUT2D eigenvalue weighted by molar-refractivity contribution is -0.119. The largest absolute Gasteiger partial charge is 0.299 e. The second-order valence-electron chi connectivity index (χ2n) is 5.49. The monoisotopic (exact) mass is 270 g/mol. The Morgan fingerprint density at radius 1 is 1.20 bits per heavy atom. The predicted molar refractivity (Wildman–Crippen MR) is 80.9 cm³/mol. The summed E-state index contributed by atoms with van der Waals surface area (Å²) in [4.78, 5) is 12.2. The molecule has 1 aromatic heterocycles. The van der Waals surface area contributed by atoms with E-state index in [4.69, 9.17) is 0 Å². The van der Waals surface area contributed by atoms with Crippen molar-refractivity contribution in [2.45, 2.75) is 46.6 Å². The average Bonchev–Trinajstić information content (AvgIpc) is 2.67. The predicted octanol–water partition coefficient (Wildman–Crippen LogP) is 3.57. The maximum absolute atomic E-state index is 12.2. The summed E-state index contributed by atoms with van der Waals surface area (Å²) in [6.07, 6.45) is 1.03. The molecule has 0 bridgehead atoms. The van der Waals surface area contributed by atoms with Crippen LogP contribution in [0.25, 0.3) is 0 Å². The molecule has 0 N–H and O–H groups in total. The van der Waals surface area contributed by atoms with Gasteiger partial charge in [-0.2, -0.15) is 5.10 Å². The Morgan fingerprint density at radius 2 is 1.85 bits per heavy atom. The number of nitrogens with zero attached hydrogens (tertiary/aromatic N) is 2. The van der Waals surface area contributed by atoms with Crippen LogP contribution < -0.4 is 0 Å². The fourth-order valence-corrected chi connectivity index (χ4v) is 2.49. The third-order valence-corrected chi connectivity index (χ3v) is 3.87. The Balaban J connectivity index is 2.02. The molecular formula is C17H22N2O. The molecular weight excluding hydrogens is 248 g/mol. The number of carbonyl (C=O) groups excluding carboxylic acids is 1. The van der Waals surface area contributed by atoms with Gasteiger partial charge in [0.25, 0.3) is 0 Å². The third-order valence-electron chi connectivity index (χ3n) is 3.87. The van der Waals surface area contributed by atoms with Crippen LogP contribution in [0.5, 0.6) is 0 Å². The highest BCUT2D eigenvalue weighted by molar-refractivity contribution is 5.81. The second-order valence-corrected chi connectivity index (χ2v) is 5.49. The van der Waals surface area contributed by atoms with E-state index in [-0.39, 0.29) is 11.8 Å². The van der Waals surface area contributed by atoms with E-state index < -0.39 is 0 Å². The number of aromatic nitrogens is 2. The Kier molecular flexibility index (Phi) is 4.38. The number of benzene rings is 1. The molecule has 20 heavy (non-hydrogen) atoms. The third kappa shape index (κ3) is 3.16. The van der Waals surface area contributed by atoms with Gasteiger partial charge < -0.3 is 0 Å². The Hall–Kier alpha value is -1.90. The number of hydrogen-bond acceptors (Lipinski definition) is 2. The van der Waals surface area contributed by atoms with E-state index in [0.717, 1.165) is 17.0 Å². The van der Waals surface area contributed by atoms with Gasteiger partial charge in [0.05, 0.1) is 11.7 Å². The van der Waals surface area contributed by atoms with Gasteiger partial charge in [0.2, 0.25) is 0 Å². The van der Waals surface area contributed by atoms with E-state index in [9.17, 15) is 4.79 Å². The molecule has 3 heteroatoms. The number of Topliss-reactive ketones (excluding diaryl/α,β-unsaturated/α-hetero) is 1. The number of ketones is 1. The van der Waals surface area contributed by atoms with E-state index in [1.54, 1.807) is 0 Å². The minimum Gasteiger partial charge on any atom is -0.299 e. The number of rotatable bonds is 5. The molecule has 0 aliphatic heterocycles. The summed E-state index contributed by atoms with van der Waals surface area (Å²) in [6, 6.07) is 10.0. The zero-order chi connectivity index (χ0) is 14.7. The zero-order valence-corrected chi connectivity index (χ0v) is 12.7. The first-order chi connectivity index (χ1) is 9.49. The molecule has 2 aromatic rings. The van der Waals surface area contributed by atoms with Gasteiger partial charge in [-0.05, 0) is 38.8 Å². The van der Waals surface area contributed by atoms with Crippen molar-refractivity contribution >= 4 is 5.78 Å². The van der Waals surface area contributed by atoms with Gasteiger partial charge >= 0.3 is 0 Å². The quantitative estimate of drug-likeness (QED) is 0.832. The van der Waals surface area contributed by atoms with Gasteiger partial charge in [-0.3, -0.25) is 9.48 Å². The summed E-state index contributed by atoms with van der Waals surface area (Å²) in [5.41, 5.74) is 4.49. The molecule has 0 aliphatic carbocycles. The topological polar surface area (TPSA) is 34.9 Å². The molecule has 0 spiro atoms. The lowest BCUT2D eigenvalue weighted by atomic mass is 10.0. The SMILES string of the molecule is Cc1nn([C@H](C)CC(=O)Cc2ccccc2)c(C)c1C. The summed E-state index contributed by atoms with van der Waals surface area (Å²) < 4.78 is 1.98. The first kappa shape index (κ1) is 14.5. The van der Waals surface area contributed by atoms with Crippen LogP contribution in [-0.2, 0) is 11.2 Å². The summed E-state index contributed by atoms with van der Waals surface area (Å²) in [5.74, 6) is 0.258. The second kappa shape index (κ2) is 6.04. The highest BCUT2D eigenvalue weighted by atomic mass is 16.1. The molecule has 1 heterocycles. The van der Waals surface area contributed by atoms with Crippen molar-refractivity contribution in [2.75, 3.05) is 0 Å². The highest BCUT2D eigenvalue weighted by Gasteiger charge is 2.16. The van der Waals surface area contributed by atoms with Crippen molar-refractivity contribution in [1.82, 2.24) is 9.78 Å². The average molecular weight is 270 g/mol. The van der Waals surface area contributed by atoms with Crippen molar-refractivity contribution in [3.63, 3.8) is 0 Å². The molecule has 0 saturated heterocycles. The van der Waals surface area contributed by atoms with Crippen molar-refractivity contribution in [3.05, 3.63) is 52.8 Å². The van der Waals surface area contributed by atoms with E-state index in [1.807, 2.05) is 41.9 Å². The summed E-state index contributed by atoms with van der Waals surface area (Å²) in [6.45, 7) is 8.21. The van der Waals surface area contributed by atoms with Gasteiger partial charge in [0.1, 0.15) is 5.78 Å². The minimum absolute atomic E-state index is 0.110. The van der Waals surface area contributed by atoms with E-state index >= 15 is 0 Å². The number of aryl methyl sites for hydroxylation is 1. The molecule has 0 aliphatic rings. The van der Waals surface area contributed by atoms with Crippen LogP contribution in [0.1, 0.15) is 41.9 Å². The molecule has 0 radical (unpaired) electrons. The summed E-state index contributed by atoms with van der Waals surface area (Å²) in [7, 11) is 0. The number of hydrogen-bond donors (Lipinski definition) is 0. The van der Waals surface area contributed by atoms with Crippen molar-refractivity contribution < 1.29 is 4.79 Å². The molecule has 2 rings (SSSR count). The van der Waals surface area contributed by atoms with Gasteiger partial charge in [-0.25, -0.2) is 0 Å². The fourth-order valence-electron chi connectivity index (χ4n) is 2.49. The molecule has 1 aromatic carbocycles. The maximum atomic E-state index is 12.2. The van der Waals surface area contributed by atoms with Crippen LogP contribution in [0, 0.1) is 20.8 Å². The lowest BCUT2D eigenvalue weighted by Crippen LogP contribution is -2.15. The normalized spacial score (nSPS) is 12.4. The number of carbonyl (C=O) groups is 1. The van der Waals surface area contributed by atoms with Crippen LogP contribution >= 0.6 is 0 Å². The fraction of sp³-hybridized carbons (Fsp3) is 0.412. The van der Waals surface area contributed by atoms with Crippen molar-refractivity contribution in [3.8, 4) is 0 Å². The van der Waals surface area contributed by atoms with Gasteiger partial charge in [0, 0.05) is 18.5 Å². The van der Waals surface area contributed by atoms with Gasteiger partial charge in [0.15, 0.2) is 0 Å². The smallest absolute Gasteiger partial charge is 0.139 e. The minimum atomic E-state index is 0.110. The Bertz CT molecular complexity index is 599. The Labute approximate surface area is 120 Å². The first-order valence-electron chi connectivity index (χ1n) is 7.07. The first-order valence-corrected chi connectivity index (χ1v) is 7.07. The van der Waals surface area contributed by atoms with E-state index in [0.29, 0.717) is 12.8 Å². The van der Waals surface area contributed by atoms with Crippen LogP contribution in [0.4, 0.5) is 0 Å². The molecule has 0 fully saturated rings. The molecule has 0 unspecified atom stereocenters. The molecule has 106 valence electrons. The molecule has 3 nitrogen and oxygen atoms in total. The maximum Gasteiger partial charge on any atom is 0.139 e. The van der Waals surface area contributed by atoms with Crippen LogP contribution in [-0.4, -0.2) is 15.6 Å². The molecule has 1 atom stereocenters. The van der Waals surface area contributed by atoms with Crippen LogP contribution in [0.2, 0.25) is 0 Å². The summed E-state index contributed by atoms with van der Waals surface area (Å²) in [5, 5.41) is 4.53. The van der Waals surface area contributed by atoms with Gasteiger partial charge in [-0.15, -0.1) is 0 Å². The standard InChI is InChI=1S/C17H22N2O/c1-12(19-15(4)13(2)14(3)18-19)10-17(20)11-16-8-6-5-7-9-16/h5-9,12H,10-11H2,1-4H3/t12-/m1/s1. The zero-order valence-electron chi connectivity index (χ0n) is 12.7.